The number of nitrogens with one attached hydrogen (secondary N) is 3. The Hall–Kier alpha value is -4.27. The van der Waals surface area contributed by atoms with E-state index in [9.17, 15) is 14.7 Å². The molecule has 2 aliphatic carbocycles. The summed E-state index contributed by atoms with van der Waals surface area (Å²) in [7, 11) is 1.59. The van der Waals surface area contributed by atoms with Crippen LogP contribution >= 0.6 is 0 Å². The summed E-state index contributed by atoms with van der Waals surface area (Å²) in [6, 6.07) is 13.8. The van der Waals surface area contributed by atoms with E-state index in [1.165, 1.54) is 0 Å². The number of carbonyl (C=O) groups is 2. The molecule has 0 unspecified atom stereocenters. The summed E-state index contributed by atoms with van der Waals surface area (Å²) in [5, 5.41) is 19.3. The number of benzene rings is 2. The SMILES string of the molecule is COc1ccc(NC(=O)N[C@@]23C[C@H]2[C@H]3c2cc(Oc3ccnc4c3CCC(=O)N4)ccc2O)cc1. The summed E-state index contributed by atoms with van der Waals surface area (Å²) in [4.78, 5) is 28.5. The molecule has 9 nitrogen and oxygen atoms in total. The highest BCUT2D eigenvalue weighted by Crippen LogP contribution is 2.77. The zero-order valence-corrected chi connectivity index (χ0v) is 19.0. The molecule has 6 rings (SSSR count). The smallest absolute Gasteiger partial charge is 0.319 e. The number of amides is 3. The molecule has 0 radical (unpaired) electrons. The number of urea groups is 1. The summed E-state index contributed by atoms with van der Waals surface area (Å²) < 4.78 is 11.3. The number of ether oxygens (including phenoxy) is 2. The zero-order chi connectivity index (χ0) is 24.2. The van der Waals surface area contributed by atoms with Gasteiger partial charge in [-0.3, -0.25) is 4.79 Å². The number of carbonyl (C=O) groups excluding carboxylic acids is 2. The van der Waals surface area contributed by atoms with E-state index in [2.05, 4.69) is 20.9 Å². The second-order valence-electron chi connectivity index (χ2n) is 9.14. The van der Waals surface area contributed by atoms with Crippen LogP contribution in [-0.2, 0) is 11.2 Å². The third-order valence-electron chi connectivity index (χ3n) is 7.04. The Kier molecular flexibility index (Phi) is 4.80. The van der Waals surface area contributed by atoms with Gasteiger partial charge in [-0.1, -0.05) is 0 Å². The first-order valence-corrected chi connectivity index (χ1v) is 11.5. The van der Waals surface area contributed by atoms with Gasteiger partial charge in [-0.25, -0.2) is 9.78 Å². The highest BCUT2D eigenvalue weighted by atomic mass is 16.5. The maximum Gasteiger partial charge on any atom is 0.319 e. The van der Waals surface area contributed by atoms with E-state index >= 15 is 0 Å². The van der Waals surface area contributed by atoms with Crippen LogP contribution in [0.4, 0.5) is 16.3 Å². The molecule has 3 aliphatic rings. The van der Waals surface area contributed by atoms with E-state index in [0.717, 1.165) is 17.5 Å². The predicted molar refractivity (Wildman–Crippen MR) is 128 cm³/mol. The number of pyridine rings is 1. The van der Waals surface area contributed by atoms with Crippen molar-refractivity contribution in [3.05, 3.63) is 65.9 Å². The molecule has 0 bridgehead atoms. The molecule has 9 heteroatoms. The zero-order valence-electron chi connectivity index (χ0n) is 19.0. The quantitative estimate of drug-likeness (QED) is 0.428. The van der Waals surface area contributed by atoms with Gasteiger partial charge in [-0.15, -0.1) is 0 Å². The van der Waals surface area contributed by atoms with Crippen molar-refractivity contribution in [1.29, 1.82) is 0 Å². The number of phenolic OH excluding ortho intramolecular Hbond substituents is 1. The molecule has 4 N–H and O–H groups in total. The minimum atomic E-state index is -0.341. The second kappa shape index (κ2) is 7.90. The average Bonchev–Trinajstić information content (AvgIpc) is 3.71. The van der Waals surface area contributed by atoms with Crippen LogP contribution in [0.2, 0.25) is 0 Å². The molecular formula is C26H24N4O5. The molecule has 1 aliphatic heterocycles. The lowest BCUT2D eigenvalue weighted by Crippen LogP contribution is -2.36. The van der Waals surface area contributed by atoms with Crippen LogP contribution < -0.4 is 25.4 Å². The summed E-state index contributed by atoms with van der Waals surface area (Å²) in [5.74, 6) is 2.87. The summed E-state index contributed by atoms with van der Waals surface area (Å²) in [6.07, 6.45) is 3.40. The predicted octanol–water partition coefficient (Wildman–Crippen LogP) is 4.15. The Bertz CT molecular complexity index is 1340. The Morgan fingerprint density at radius 2 is 1.94 bits per heavy atom. The Balaban J connectivity index is 1.15. The molecule has 2 aromatic carbocycles. The molecule has 2 fully saturated rings. The van der Waals surface area contributed by atoms with E-state index in [1.807, 2.05) is 6.07 Å². The van der Waals surface area contributed by atoms with Crippen molar-refractivity contribution >= 4 is 23.4 Å². The maximum absolute atomic E-state index is 12.6. The number of aromatic nitrogens is 1. The highest BCUT2D eigenvalue weighted by molar-refractivity contribution is 5.93. The maximum atomic E-state index is 12.6. The number of rotatable bonds is 6. The largest absolute Gasteiger partial charge is 0.508 e. The topological polar surface area (TPSA) is 122 Å². The van der Waals surface area contributed by atoms with Crippen molar-refractivity contribution in [2.24, 2.45) is 5.92 Å². The van der Waals surface area contributed by atoms with Crippen molar-refractivity contribution in [3.8, 4) is 23.0 Å². The molecule has 0 saturated heterocycles. The summed E-state index contributed by atoms with van der Waals surface area (Å²) in [6.45, 7) is 0. The number of hydrogen-bond donors (Lipinski definition) is 4. The van der Waals surface area contributed by atoms with Crippen molar-refractivity contribution in [3.63, 3.8) is 0 Å². The monoisotopic (exact) mass is 472 g/mol. The molecule has 35 heavy (non-hydrogen) atoms. The van der Waals surface area contributed by atoms with Gasteiger partial charge in [-0.05, 0) is 67.3 Å². The van der Waals surface area contributed by atoms with E-state index in [-0.39, 0.29) is 35.1 Å². The molecule has 3 aromatic rings. The lowest BCUT2D eigenvalue weighted by Gasteiger charge is -2.20. The number of aromatic hydroxyl groups is 1. The van der Waals surface area contributed by atoms with Gasteiger partial charge in [0.15, 0.2) is 0 Å². The Morgan fingerprint density at radius 3 is 2.71 bits per heavy atom. The standard InChI is InChI=1S/C26H24N4O5/c1-34-15-4-2-14(3-5-15)28-25(33)30-26-13-19(26)23(26)18-12-16(6-8-20(18)31)35-21-10-11-27-24-17(21)7-9-22(32)29-24/h2-6,8,10-12,19,23,31H,7,9,13H2,1H3,(H,27,29,32)(H2,28,30,33)/t19-,23+,26-/m0/s1. The molecule has 1 aromatic heterocycles. The summed E-state index contributed by atoms with van der Waals surface area (Å²) in [5.41, 5.74) is 1.93. The van der Waals surface area contributed by atoms with Gasteiger partial charge in [0.1, 0.15) is 28.8 Å². The first-order valence-electron chi connectivity index (χ1n) is 11.5. The minimum absolute atomic E-state index is 0.0262. The molecule has 0 spiro atoms. The first-order chi connectivity index (χ1) is 17.0. The van der Waals surface area contributed by atoms with Crippen LogP contribution in [0.5, 0.6) is 23.0 Å². The van der Waals surface area contributed by atoms with Crippen LogP contribution in [0, 0.1) is 5.92 Å². The first kappa shape index (κ1) is 21.3. The fourth-order valence-electron chi connectivity index (χ4n) is 5.00. The molecule has 178 valence electrons. The number of phenols is 1. The van der Waals surface area contributed by atoms with E-state index < -0.39 is 0 Å². The third-order valence-corrected chi connectivity index (χ3v) is 7.04. The van der Waals surface area contributed by atoms with Gasteiger partial charge in [0.25, 0.3) is 0 Å². The second-order valence-corrected chi connectivity index (χ2v) is 9.14. The molecule has 3 amide bonds. The number of nitrogens with zero attached hydrogens (tertiary/aromatic N) is 1. The van der Waals surface area contributed by atoms with Gasteiger partial charge in [0, 0.05) is 35.3 Å². The number of methoxy groups -OCH3 is 1. The van der Waals surface area contributed by atoms with Gasteiger partial charge in [0.2, 0.25) is 5.91 Å². The highest BCUT2D eigenvalue weighted by Gasteiger charge is 2.80. The third kappa shape index (κ3) is 3.78. The van der Waals surface area contributed by atoms with E-state index in [0.29, 0.717) is 41.6 Å². The minimum Gasteiger partial charge on any atom is -0.508 e. The van der Waals surface area contributed by atoms with E-state index in [4.69, 9.17) is 9.47 Å². The van der Waals surface area contributed by atoms with Gasteiger partial charge < -0.3 is 30.5 Å². The van der Waals surface area contributed by atoms with Crippen LogP contribution in [0.25, 0.3) is 0 Å². The van der Waals surface area contributed by atoms with Crippen molar-refractivity contribution in [2.45, 2.75) is 30.7 Å². The lowest BCUT2D eigenvalue weighted by molar-refractivity contribution is -0.116. The normalized spacial score (nSPS) is 23.3. The van der Waals surface area contributed by atoms with Crippen molar-refractivity contribution in [1.82, 2.24) is 10.3 Å². The summed E-state index contributed by atoms with van der Waals surface area (Å²) >= 11 is 0. The van der Waals surface area contributed by atoms with Crippen molar-refractivity contribution < 1.29 is 24.2 Å². The van der Waals surface area contributed by atoms with Gasteiger partial charge in [0.05, 0.1) is 12.6 Å². The Labute approximate surface area is 201 Å². The van der Waals surface area contributed by atoms with Crippen LogP contribution in [0.3, 0.4) is 0 Å². The fraction of sp³-hybridized carbons (Fsp3) is 0.269. The van der Waals surface area contributed by atoms with E-state index in [1.54, 1.807) is 55.8 Å². The van der Waals surface area contributed by atoms with Gasteiger partial charge in [-0.2, -0.15) is 0 Å². The average molecular weight is 473 g/mol. The number of anilines is 2. The van der Waals surface area contributed by atoms with Crippen LogP contribution in [-0.4, -0.2) is 34.7 Å². The molecule has 3 atom stereocenters. The van der Waals surface area contributed by atoms with Crippen LogP contribution in [0.1, 0.15) is 29.9 Å². The van der Waals surface area contributed by atoms with Crippen LogP contribution in [0.15, 0.2) is 54.7 Å². The number of fused-ring (bicyclic) bond motifs is 2. The number of hydrogen-bond acceptors (Lipinski definition) is 6. The molecule has 2 heterocycles. The lowest BCUT2D eigenvalue weighted by atomic mass is 9.99. The fourth-order valence-corrected chi connectivity index (χ4v) is 5.00. The van der Waals surface area contributed by atoms with Crippen molar-refractivity contribution in [2.75, 3.05) is 17.7 Å². The Morgan fingerprint density at radius 1 is 1.14 bits per heavy atom. The molecule has 2 saturated carbocycles. The molecular weight excluding hydrogens is 448 g/mol. The van der Waals surface area contributed by atoms with Gasteiger partial charge >= 0.3 is 6.03 Å².